The average Bonchev–Trinajstić information content (AvgIpc) is 2.58. The van der Waals surface area contributed by atoms with Crippen LogP contribution in [-0.4, -0.2) is 9.97 Å². The predicted octanol–water partition coefficient (Wildman–Crippen LogP) is 2.63. The molecule has 0 saturated heterocycles. The fourth-order valence-corrected chi connectivity index (χ4v) is 1.48. The highest BCUT2D eigenvalue weighted by atomic mass is 35.5. The molecule has 0 aliphatic rings. The van der Waals surface area contributed by atoms with Crippen molar-refractivity contribution in [1.29, 1.82) is 0 Å². The smallest absolute Gasteiger partial charge is 0.0797 e. The summed E-state index contributed by atoms with van der Waals surface area (Å²) in [5.74, 6) is 0. The van der Waals surface area contributed by atoms with Crippen LogP contribution < -0.4 is 0 Å². The molecule has 0 spiro atoms. The van der Waals surface area contributed by atoms with Crippen LogP contribution in [0.15, 0.2) is 36.2 Å². The summed E-state index contributed by atoms with van der Waals surface area (Å²) in [6, 6.07) is 3.95. The lowest BCUT2D eigenvalue weighted by Crippen LogP contribution is -1.72. The van der Waals surface area contributed by atoms with Gasteiger partial charge in [-0.1, -0.05) is 6.07 Å². The molecule has 2 aromatic heterocycles. The van der Waals surface area contributed by atoms with Crippen LogP contribution in [0.2, 0.25) is 0 Å². The second kappa shape index (κ2) is 4.18. The second-order valence-corrected chi connectivity index (χ2v) is 2.99. The zero-order valence-electron chi connectivity index (χ0n) is 6.18. The highest BCUT2D eigenvalue weighted by Crippen LogP contribution is 2.20. The van der Waals surface area contributed by atoms with Gasteiger partial charge in [0.15, 0.2) is 0 Å². The van der Waals surface area contributed by atoms with Gasteiger partial charge in [-0.3, -0.25) is 9.97 Å². The van der Waals surface area contributed by atoms with Crippen molar-refractivity contribution in [2.45, 2.75) is 0 Å². The van der Waals surface area contributed by atoms with E-state index in [1.807, 2.05) is 30.0 Å². The van der Waals surface area contributed by atoms with Crippen molar-refractivity contribution >= 4 is 23.7 Å². The largest absolute Gasteiger partial charge is 0.264 e. The fraction of sp³-hybridized carbons (Fsp3) is 0. The molecule has 4 heteroatoms. The lowest BCUT2D eigenvalue weighted by Gasteiger charge is -1.91. The minimum absolute atomic E-state index is 0. The van der Waals surface area contributed by atoms with E-state index in [0.717, 1.165) is 10.4 Å². The number of hydrogen-bond donors (Lipinski definition) is 0. The van der Waals surface area contributed by atoms with Crippen LogP contribution >= 0.6 is 23.7 Å². The van der Waals surface area contributed by atoms with Crippen LogP contribution in [0.4, 0.5) is 0 Å². The Balaban J connectivity index is 0.000000720. The van der Waals surface area contributed by atoms with E-state index in [1.165, 1.54) is 0 Å². The Hall–Kier alpha value is -0.930. The summed E-state index contributed by atoms with van der Waals surface area (Å²) >= 11 is 1.62. The maximum Gasteiger partial charge on any atom is 0.0797 e. The van der Waals surface area contributed by atoms with Crippen molar-refractivity contribution in [1.82, 2.24) is 9.97 Å². The lowest BCUT2D eigenvalue weighted by atomic mass is 10.3. The third-order valence-corrected chi connectivity index (χ3v) is 2.20. The number of aromatic nitrogens is 2. The topological polar surface area (TPSA) is 25.8 Å². The van der Waals surface area contributed by atoms with Crippen LogP contribution in [0.5, 0.6) is 0 Å². The third kappa shape index (κ3) is 1.81. The highest BCUT2D eigenvalue weighted by molar-refractivity contribution is 7.13. The molecule has 0 radical (unpaired) electrons. The number of thiazole rings is 1. The van der Waals surface area contributed by atoms with Crippen LogP contribution in [-0.2, 0) is 0 Å². The first-order chi connectivity index (χ1) is 5.47. The first-order valence-electron chi connectivity index (χ1n) is 3.26. The van der Waals surface area contributed by atoms with E-state index in [9.17, 15) is 0 Å². The van der Waals surface area contributed by atoms with Crippen LogP contribution in [0, 0.1) is 0 Å². The van der Waals surface area contributed by atoms with Gasteiger partial charge in [-0.05, 0) is 6.07 Å². The number of hydrogen-bond acceptors (Lipinski definition) is 3. The van der Waals surface area contributed by atoms with Crippen molar-refractivity contribution in [3.63, 3.8) is 0 Å². The molecule has 0 amide bonds. The van der Waals surface area contributed by atoms with Gasteiger partial charge in [0.05, 0.1) is 10.4 Å². The van der Waals surface area contributed by atoms with Gasteiger partial charge in [-0.2, -0.15) is 0 Å². The quantitative estimate of drug-likeness (QED) is 0.704. The standard InChI is InChI=1S/C8H6N2S.ClH/c1-2-7(4-9-3-1)8-5-10-6-11-8;/h1-6H;1H. The maximum absolute atomic E-state index is 4.02. The molecule has 2 rings (SSSR count). The molecule has 0 bridgehead atoms. The summed E-state index contributed by atoms with van der Waals surface area (Å²) < 4.78 is 0. The van der Waals surface area contributed by atoms with Crippen LogP contribution in [0.3, 0.4) is 0 Å². The van der Waals surface area contributed by atoms with Crippen molar-refractivity contribution in [2.24, 2.45) is 0 Å². The molecule has 0 aliphatic heterocycles. The molecule has 2 nitrogen and oxygen atoms in total. The minimum Gasteiger partial charge on any atom is -0.264 e. The summed E-state index contributed by atoms with van der Waals surface area (Å²) in [5.41, 5.74) is 2.96. The summed E-state index contributed by atoms with van der Waals surface area (Å²) in [6.45, 7) is 0. The van der Waals surface area contributed by atoms with Gasteiger partial charge in [0.2, 0.25) is 0 Å². The van der Waals surface area contributed by atoms with Crippen molar-refractivity contribution in [3.8, 4) is 10.4 Å². The third-order valence-electron chi connectivity index (χ3n) is 1.38. The van der Waals surface area contributed by atoms with Gasteiger partial charge in [0, 0.05) is 24.2 Å². The van der Waals surface area contributed by atoms with E-state index in [2.05, 4.69) is 9.97 Å². The molecule has 0 N–H and O–H groups in total. The molecule has 0 saturated carbocycles. The molecular weight excluding hydrogens is 192 g/mol. The summed E-state index contributed by atoms with van der Waals surface area (Å²) in [6.07, 6.45) is 5.46. The van der Waals surface area contributed by atoms with Crippen molar-refractivity contribution < 1.29 is 0 Å². The maximum atomic E-state index is 4.02. The van der Waals surface area contributed by atoms with E-state index < -0.39 is 0 Å². The molecule has 2 heterocycles. The Bertz CT molecular complexity index is 320. The predicted molar refractivity (Wildman–Crippen MR) is 52.6 cm³/mol. The summed E-state index contributed by atoms with van der Waals surface area (Å²) in [5, 5.41) is 0. The first-order valence-corrected chi connectivity index (χ1v) is 4.13. The average molecular weight is 199 g/mol. The fourth-order valence-electron chi connectivity index (χ4n) is 0.867. The van der Waals surface area contributed by atoms with Gasteiger partial charge in [-0.15, -0.1) is 23.7 Å². The normalized spacial score (nSPS) is 9.00. The van der Waals surface area contributed by atoms with E-state index in [4.69, 9.17) is 0 Å². The Morgan fingerprint density at radius 3 is 2.67 bits per heavy atom. The van der Waals surface area contributed by atoms with E-state index in [0.29, 0.717) is 0 Å². The van der Waals surface area contributed by atoms with Crippen molar-refractivity contribution in [3.05, 3.63) is 36.2 Å². The van der Waals surface area contributed by atoms with E-state index in [1.54, 1.807) is 17.5 Å². The molecule has 2 aromatic rings. The van der Waals surface area contributed by atoms with Crippen LogP contribution in [0.25, 0.3) is 10.4 Å². The Morgan fingerprint density at radius 1 is 1.17 bits per heavy atom. The van der Waals surface area contributed by atoms with Gasteiger partial charge < -0.3 is 0 Å². The molecule has 0 unspecified atom stereocenters. The summed E-state index contributed by atoms with van der Waals surface area (Å²) in [7, 11) is 0. The Labute approximate surface area is 80.7 Å². The SMILES string of the molecule is Cl.c1cncc(-c2cncs2)c1. The van der Waals surface area contributed by atoms with Crippen LogP contribution in [0.1, 0.15) is 0 Å². The Kier molecular flexibility index (Phi) is 3.19. The molecule has 0 aliphatic carbocycles. The Morgan fingerprint density at radius 2 is 2.08 bits per heavy atom. The first kappa shape index (κ1) is 9.16. The number of pyridine rings is 1. The molecule has 0 atom stereocenters. The monoisotopic (exact) mass is 198 g/mol. The van der Waals surface area contributed by atoms with Gasteiger partial charge in [-0.25, -0.2) is 0 Å². The zero-order chi connectivity index (χ0) is 7.52. The molecule has 62 valence electrons. The van der Waals surface area contributed by atoms with Gasteiger partial charge >= 0.3 is 0 Å². The number of rotatable bonds is 1. The molecule has 0 fully saturated rings. The van der Waals surface area contributed by atoms with Gasteiger partial charge in [0.1, 0.15) is 0 Å². The minimum atomic E-state index is 0. The summed E-state index contributed by atoms with van der Waals surface area (Å²) in [4.78, 5) is 9.17. The second-order valence-electron chi connectivity index (χ2n) is 2.11. The highest BCUT2D eigenvalue weighted by Gasteiger charge is 1.95. The molecule has 0 aromatic carbocycles. The van der Waals surface area contributed by atoms with E-state index in [-0.39, 0.29) is 12.4 Å². The van der Waals surface area contributed by atoms with Gasteiger partial charge in [0.25, 0.3) is 0 Å². The van der Waals surface area contributed by atoms with E-state index >= 15 is 0 Å². The molecular formula is C8H7ClN2S. The zero-order valence-corrected chi connectivity index (χ0v) is 7.81. The lowest BCUT2D eigenvalue weighted by molar-refractivity contribution is 1.33. The number of nitrogens with zero attached hydrogens (tertiary/aromatic N) is 2. The number of halogens is 1. The van der Waals surface area contributed by atoms with Crippen molar-refractivity contribution in [2.75, 3.05) is 0 Å². The molecule has 12 heavy (non-hydrogen) atoms.